The summed E-state index contributed by atoms with van der Waals surface area (Å²) in [4.78, 5) is 2.16. The third-order valence-corrected chi connectivity index (χ3v) is 1.54. The Morgan fingerprint density at radius 2 is 2.00 bits per heavy atom. The molecule has 58 valence electrons. The highest BCUT2D eigenvalue weighted by Crippen LogP contribution is 1.99. The smallest absolute Gasteiger partial charge is 0.0224 e. The van der Waals surface area contributed by atoms with E-state index in [2.05, 4.69) is 38.6 Å². The summed E-state index contributed by atoms with van der Waals surface area (Å²) in [5.41, 5.74) is 1.20. The van der Waals surface area contributed by atoms with E-state index in [4.69, 9.17) is 0 Å². The van der Waals surface area contributed by atoms with Crippen LogP contribution in [0, 0.1) is 0 Å². The first-order chi connectivity index (χ1) is 4.57. The number of rotatable bonds is 3. The van der Waals surface area contributed by atoms with Crippen LogP contribution in [0.15, 0.2) is 24.4 Å². The van der Waals surface area contributed by atoms with Crippen molar-refractivity contribution >= 4 is 0 Å². The second-order valence-electron chi connectivity index (χ2n) is 2.84. The molecule has 0 heterocycles. The SMILES string of the molecule is C=C/C(C)=C\N(C)C(C)C. The van der Waals surface area contributed by atoms with Crippen LogP contribution >= 0.6 is 0 Å². The normalized spacial score (nSPS) is 11.9. The summed E-state index contributed by atoms with van der Waals surface area (Å²) in [6.07, 6.45) is 3.95. The fourth-order valence-electron chi connectivity index (χ4n) is 0.523. The molecule has 0 aliphatic rings. The Balaban J connectivity index is 3.98. The second kappa shape index (κ2) is 4.15. The van der Waals surface area contributed by atoms with Crippen LogP contribution in [0.3, 0.4) is 0 Å². The first kappa shape index (κ1) is 9.28. The van der Waals surface area contributed by atoms with Gasteiger partial charge in [-0.25, -0.2) is 0 Å². The molecular formula is C9H17N. The fraction of sp³-hybridized carbons (Fsp3) is 0.556. The minimum absolute atomic E-state index is 0.565. The van der Waals surface area contributed by atoms with Crippen LogP contribution in [0.4, 0.5) is 0 Å². The predicted octanol–water partition coefficient (Wildman–Crippen LogP) is 2.42. The van der Waals surface area contributed by atoms with Gasteiger partial charge in [0.1, 0.15) is 0 Å². The molecule has 0 atom stereocenters. The second-order valence-corrected chi connectivity index (χ2v) is 2.84. The lowest BCUT2D eigenvalue weighted by Gasteiger charge is -2.19. The van der Waals surface area contributed by atoms with Gasteiger partial charge in [-0.1, -0.05) is 12.7 Å². The highest BCUT2D eigenvalue weighted by Gasteiger charge is 1.95. The van der Waals surface area contributed by atoms with Gasteiger partial charge in [-0.3, -0.25) is 0 Å². The molecule has 0 aliphatic carbocycles. The Bertz CT molecular complexity index is 134. The molecule has 10 heavy (non-hydrogen) atoms. The molecule has 0 unspecified atom stereocenters. The first-order valence-corrected chi connectivity index (χ1v) is 3.60. The molecule has 0 saturated carbocycles. The third-order valence-electron chi connectivity index (χ3n) is 1.54. The van der Waals surface area contributed by atoms with Gasteiger partial charge >= 0.3 is 0 Å². The van der Waals surface area contributed by atoms with Crippen molar-refractivity contribution in [1.82, 2.24) is 4.90 Å². The van der Waals surface area contributed by atoms with Crippen molar-refractivity contribution in [1.29, 1.82) is 0 Å². The maximum absolute atomic E-state index is 3.68. The number of allylic oxidation sites excluding steroid dienone is 2. The minimum Gasteiger partial charge on any atom is -0.378 e. The molecule has 0 fully saturated rings. The molecular weight excluding hydrogens is 122 g/mol. The maximum atomic E-state index is 3.68. The van der Waals surface area contributed by atoms with Crippen molar-refractivity contribution in [2.24, 2.45) is 0 Å². The topological polar surface area (TPSA) is 3.24 Å². The summed E-state index contributed by atoms with van der Waals surface area (Å²) >= 11 is 0. The lowest BCUT2D eigenvalue weighted by molar-refractivity contribution is 0.374. The van der Waals surface area contributed by atoms with E-state index in [-0.39, 0.29) is 0 Å². The van der Waals surface area contributed by atoms with Gasteiger partial charge < -0.3 is 4.90 Å². The molecule has 0 bridgehead atoms. The van der Waals surface area contributed by atoms with Gasteiger partial charge in [0.25, 0.3) is 0 Å². The van der Waals surface area contributed by atoms with Crippen molar-refractivity contribution in [3.8, 4) is 0 Å². The van der Waals surface area contributed by atoms with Crippen LogP contribution in [-0.2, 0) is 0 Å². The summed E-state index contributed by atoms with van der Waals surface area (Å²) < 4.78 is 0. The van der Waals surface area contributed by atoms with E-state index in [0.29, 0.717) is 6.04 Å². The maximum Gasteiger partial charge on any atom is 0.0224 e. The van der Waals surface area contributed by atoms with Gasteiger partial charge in [-0.15, -0.1) is 0 Å². The van der Waals surface area contributed by atoms with Gasteiger partial charge in [-0.05, 0) is 26.3 Å². The van der Waals surface area contributed by atoms with Gasteiger partial charge in [0.15, 0.2) is 0 Å². The Hall–Kier alpha value is -0.720. The Morgan fingerprint density at radius 1 is 1.50 bits per heavy atom. The van der Waals surface area contributed by atoms with Crippen LogP contribution in [0.2, 0.25) is 0 Å². The lowest BCUT2D eigenvalue weighted by atomic mass is 10.3. The monoisotopic (exact) mass is 139 g/mol. The summed E-state index contributed by atoms with van der Waals surface area (Å²) in [6.45, 7) is 10.0. The first-order valence-electron chi connectivity index (χ1n) is 3.60. The third kappa shape index (κ3) is 3.33. The molecule has 1 nitrogen and oxygen atoms in total. The fourth-order valence-corrected chi connectivity index (χ4v) is 0.523. The predicted molar refractivity (Wildman–Crippen MR) is 46.9 cm³/mol. The van der Waals surface area contributed by atoms with Crippen LogP contribution < -0.4 is 0 Å². The Morgan fingerprint density at radius 3 is 2.30 bits per heavy atom. The molecule has 0 amide bonds. The Kier molecular flexibility index (Phi) is 3.85. The van der Waals surface area contributed by atoms with Crippen molar-refractivity contribution in [2.45, 2.75) is 26.8 Å². The molecule has 0 aromatic carbocycles. The quantitative estimate of drug-likeness (QED) is 0.543. The summed E-state index contributed by atoms with van der Waals surface area (Å²) in [5.74, 6) is 0. The molecule has 0 saturated heterocycles. The van der Waals surface area contributed by atoms with E-state index in [1.165, 1.54) is 5.57 Å². The van der Waals surface area contributed by atoms with E-state index < -0.39 is 0 Å². The van der Waals surface area contributed by atoms with Crippen LogP contribution in [-0.4, -0.2) is 18.0 Å². The number of hydrogen-bond acceptors (Lipinski definition) is 1. The molecule has 0 spiro atoms. The molecule has 1 heteroatoms. The highest BCUT2D eigenvalue weighted by molar-refractivity contribution is 5.11. The molecule has 0 aromatic rings. The van der Waals surface area contributed by atoms with Crippen LogP contribution in [0.25, 0.3) is 0 Å². The van der Waals surface area contributed by atoms with Gasteiger partial charge in [0.05, 0.1) is 0 Å². The highest BCUT2D eigenvalue weighted by atomic mass is 15.1. The van der Waals surface area contributed by atoms with E-state index in [1.54, 1.807) is 0 Å². The van der Waals surface area contributed by atoms with Gasteiger partial charge in [0, 0.05) is 19.3 Å². The lowest BCUT2D eigenvalue weighted by Crippen LogP contribution is -2.20. The van der Waals surface area contributed by atoms with E-state index in [1.807, 2.05) is 13.0 Å². The molecule has 0 aromatic heterocycles. The zero-order valence-corrected chi connectivity index (χ0v) is 7.39. The average Bonchev–Trinajstić information content (AvgIpc) is 1.87. The number of hydrogen-bond donors (Lipinski definition) is 0. The van der Waals surface area contributed by atoms with E-state index in [0.717, 1.165) is 0 Å². The zero-order valence-electron chi connectivity index (χ0n) is 7.39. The molecule has 0 aliphatic heterocycles. The van der Waals surface area contributed by atoms with Crippen LogP contribution in [0.1, 0.15) is 20.8 Å². The molecule has 0 radical (unpaired) electrons. The zero-order chi connectivity index (χ0) is 8.15. The van der Waals surface area contributed by atoms with E-state index in [9.17, 15) is 0 Å². The number of nitrogens with zero attached hydrogens (tertiary/aromatic N) is 1. The average molecular weight is 139 g/mol. The van der Waals surface area contributed by atoms with Crippen molar-refractivity contribution in [3.05, 3.63) is 24.4 Å². The molecule has 0 rings (SSSR count). The Labute approximate surface area is 64.0 Å². The minimum atomic E-state index is 0.565. The van der Waals surface area contributed by atoms with Crippen molar-refractivity contribution in [2.75, 3.05) is 7.05 Å². The van der Waals surface area contributed by atoms with E-state index >= 15 is 0 Å². The van der Waals surface area contributed by atoms with Crippen molar-refractivity contribution in [3.63, 3.8) is 0 Å². The van der Waals surface area contributed by atoms with Crippen molar-refractivity contribution < 1.29 is 0 Å². The summed E-state index contributed by atoms with van der Waals surface area (Å²) in [6, 6.07) is 0.565. The largest absolute Gasteiger partial charge is 0.378 e. The molecule has 0 N–H and O–H groups in total. The van der Waals surface area contributed by atoms with Gasteiger partial charge in [-0.2, -0.15) is 0 Å². The van der Waals surface area contributed by atoms with Gasteiger partial charge in [0.2, 0.25) is 0 Å². The summed E-state index contributed by atoms with van der Waals surface area (Å²) in [7, 11) is 2.07. The van der Waals surface area contributed by atoms with Crippen LogP contribution in [0.5, 0.6) is 0 Å². The summed E-state index contributed by atoms with van der Waals surface area (Å²) in [5, 5.41) is 0. The standard InChI is InChI=1S/C9H17N/c1-6-9(4)7-10(5)8(2)3/h6-8H,1H2,2-5H3/b9-7-.